The molecule has 2 aliphatic rings. The normalized spacial score (nSPS) is 17.0. The van der Waals surface area contributed by atoms with E-state index in [1.54, 1.807) is 19.4 Å². The number of ketones is 1. The number of amides is 1. The Balaban J connectivity index is 1.54. The van der Waals surface area contributed by atoms with Gasteiger partial charge in [-0.1, -0.05) is 24.3 Å². The molecule has 1 atom stereocenters. The third kappa shape index (κ3) is 5.36. The van der Waals surface area contributed by atoms with Crippen molar-refractivity contribution >= 4 is 33.4 Å². The molecule has 1 unspecified atom stereocenters. The van der Waals surface area contributed by atoms with E-state index >= 15 is 0 Å². The van der Waals surface area contributed by atoms with Crippen LogP contribution < -0.4 is 20.1 Å². The largest absolute Gasteiger partial charge is 0.496 e. The molecule has 7 nitrogen and oxygen atoms in total. The lowest BCUT2D eigenvalue weighted by atomic mass is 9.74. The van der Waals surface area contributed by atoms with E-state index in [-0.39, 0.29) is 18.3 Å². The first-order valence-corrected chi connectivity index (χ1v) is 13.3. The molecule has 0 bridgehead atoms. The lowest BCUT2D eigenvalue weighted by molar-refractivity contribution is -0.116. The highest BCUT2D eigenvalue weighted by Crippen LogP contribution is 2.43. The molecule has 1 aliphatic heterocycles. The number of carbonyl (C=O) groups excluding carboxylic acids is 2. The molecule has 0 saturated heterocycles. The van der Waals surface area contributed by atoms with Gasteiger partial charge >= 0.3 is 0 Å². The number of nitrogens with zero attached hydrogens (tertiary/aromatic N) is 1. The number of Topliss-reactive ketones (excluding diaryl/α,β-unsaturated/α-hetero) is 1. The van der Waals surface area contributed by atoms with Crippen LogP contribution in [0.25, 0.3) is 0 Å². The van der Waals surface area contributed by atoms with Gasteiger partial charge in [0.05, 0.1) is 7.11 Å². The lowest BCUT2D eigenvalue weighted by Crippen LogP contribution is -2.35. The van der Waals surface area contributed by atoms with Crippen molar-refractivity contribution < 1.29 is 19.1 Å². The summed E-state index contributed by atoms with van der Waals surface area (Å²) < 4.78 is 12.4. The van der Waals surface area contributed by atoms with Crippen molar-refractivity contribution in [2.24, 2.45) is 0 Å². The summed E-state index contributed by atoms with van der Waals surface area (Å²) in [6, 6.07) is 18.9. The van der Waals surface area contributed by atoms with E-state index in [0.717, 1.165) is 45.6 Å². The van der Waals surface area contributed by atoms with Crippen LogP contribution in [-0.4, -0.2) is 23.8 Å². The summed E-state index contributed by atoms with van der Waals surface area (Å²) in [5.41, 5.74) is 4.40. The minimum atomic E-state index is -0.532. The molecule has 1 aromatic heterocycles. The molecule has 1 amide bonds. The summed E-state index contributed by atoms with van der Waals surface area (Å²) in [5.74, 6) is 1.06. The number of para-hydroxylation sites is 1. The van der Waals surface area contributed by atoms with Gasteiger partial charge in [-0.3, -0.25) is 9.59 Å². The Labute approximate surface area is 230 Å². The summed E-state index contributed by atoms with van der Waals surface area (Å²) in [7, 11) is 1.62. The monoisotopic (exact) mass is 573 g/mol. The summed E-state index contributed by atoms with van der Waals surface area (Å²) >= 11 is 3.37. The number of methoxy groups -OCH3 is 1. The minimum absolute atomic E-state index is 0.0567. The fraction of sp³-hybridized carbons (Fsp3) is 0.233. The van der Waals surface area contributed by atoms with E-state index in [1.807, 2.05) is 61.5 Å². The number of anilines is 1. The maximum absolute atomic E-state index is 13.7. The predicted octanol–water partition coefficient (Wildman–Crippen LogP) is 6.04. The van der Waals surface area contributed by atoms with Crippen molar-refractivity contribution in [2.45, 2.75) is 38.7 Å². The summed E-state index contributed by atoms with van der Waals surface area (Å²) in [6.07, 6.45) is 3.63. The Hall–Kier alpha value is -3.91. The van der Waals surface area contributed by atoms with E-state index in [2.05, 4.69) is 31.5 Å². The Morgan fingerprint density at radius 3 is 2.68 bits per heavy atom. The zero-order valence-electron chi connectivity index (χ0n) is 21.2. The molecular weight excluding hydrogens is 546 g/mol. The minimum Gasteiger partial charge on any atom is -0.496 e. The number of aromatic nitrogens is 1. The second-order valence-corrected chi connectivity index (χ2v) is 10.2. The molecule has 5 rings (SSSR count). The molecule has 0 radical (unpaired) electrons. The average molecular weight is 574 g/mol. The number of nitrogens with one attached hydrogen (secondary N) is 2. The molecule has 2 N–H and O–H groups in total. The van der Waals surface area contributed by atoms with Crippen LogP contribution in [0, 0.1) is 0 Å². The molecule has 2 aromatic carbocycles. The van der Waals surface area contributed by atoms with Gasteiger partial charge in [-0.2, -0.15) is 0 Å². The summed E-state index contributed by atoms with van der Waals surface area (Å²) in [4.78, 5) is 31.3. The highest BCUT2D eigenvalue weighted by atomic mass is 79.9. The van der Waals surface area contributed by atoms with E-state index in [9.17, 15) is 9.59 Å². The smallest absolute Gasteiger partial charge is 0.255 e. The summed E-state index contributed by atoms with van der Waals surface area (Å²) in [6.45, 7) is 2.15. The van der Waals surface area contributed by atoms with Crippen LogP contribution in [0.1, 0.15) is 43.2 Å². The average Bonchev–Trinajstić information content (AvgIpc) is 2.93. The van der Waals surface area contributed by atoms with Crippen LogP contribution in [0.2, 0.25) is 0 Å². The van der Waals surface area contributed by atoms with Crippen LogP contribution in [0.15, 0.2) is 93.9 Å². The molecule has 3 aromatic rings. The van der Waals surface area contributed by atoms with Gasteiger partial charge in [0.2, 0.25) is 0 Å². The zero-order valence-corrected chi connectivity index (χ0v) is 22.8. The first kappa shape index (κ1) is 25.7. The van der Waals surface area contributed by atoms with Crippen molar-refractivity contribution in [3.8, 4) is 11.5 Å². The van der Waals surface area contributed by atoms with Crippen LogP contribution in [0.4, 0.5) is 5.82 Å². The number of allylic oxidation sites excluding steroid dienone is 3. The third-order valence-corrected chi connectivity index (χ3v) is 7.23. The molecule has 0 spiro atoms. The topological polar surface area (TPSA) is 89.5 Å². The Kier molecular flexibility index (Phi) is 7.60. The molecule has 2 heterocycles. The SMILES string of the molecule is COc1ccc(C2C(C(=O)Nc3ccc(Br)cn3)=C(C)NC3=C2C(=O)CCC3)cc1COc1ccccc1. The molecule has 38 heavy (non-hydrogen) atoms. The van der Waals surface area contributed by atoms with Crippen molar-refractivity contribution in [2.75, 3.05) is 12.4 Å². The number of hydrogen-bond acceptors (Lipinski definition) is 6. The summed E-state index contributed by atoms with van der Waals surface area (Å²) in [5, 5.41) is 6.27. The number of dihydropyridines is 1. The van der Waals surface area contributed by atoms with Crippen LogP contribution in [0.3, 0.4) is 0 Å². The van der Waals surface area contributed by atoms with Crippen molar-refractivity contribution in [1.29, 1.82) is 0 Å². The fourth-order valence-corrected chi connectivity index (χ4v) is 5.25. The Morgan fingerprint density at radius 1 is 1.13 bits per heavy atom. The molecule has 1 aliphatic carbocycles. The quantitative estimate of drug-likeness (QED) is 0.358. The van der Waals surface area contributed by atoms with Crippen molar-refractivity contribution in [3.63, 3.8) is 0 Å². The number of hydrogen-bond donors (Lipinski definition) is 2. The van der Waals surface area contributed by atoms with Gasteiger partial charge in [0.25, 0.3) is 5.91 Å². The lowest BCUT2D eigenvalue weighted by Gasteiger charge is -2.34. The number of carbonyl (C=O) groups is 2. The maximum atomic E-state index is 13.7. The molecule has 8 heteroatoms. The number of rotatable bonds is 7. The van der Waals surface area contributed by atoms with Gasteiger partial charge in [-0.15, -0.1) is 0 Å². The van der Waals surface area contributed by atoms with Gasteiger partial charge in [-0.25, -0.2) is 4.98 Å². The van der Waals surface area contributed by atoms with Crippen LogP contribution in [0.5, 0.6) is 11.5 Å². The van der Waals surface area contributed by atoms with Crippen LogP contribution in [-0.2, 0) is 16.2 Å². The van der Waals surface area contributed by atoms with E-state index < -0.39 is 5.92 Å². The second kappa shape index (κ2) is 11.2. The Bertz CT molecular complexity index is 1430. The highest BCUT2D eigenvalue weighted by Gasteiger charge is 2.38. The van der Waals surface area contributed by atoms with Gasteiger partial charge in [0.1, 0.15) is 23.9 Å². The van der Waals surface area contributed by atoms with E-state index in [1.165, 1.54) is 0 Å². The maximum Gasteiger partial charge on any atom is 0.255 e. The standard InChI is InChI=1S/C30H28BrN3O4/c1-18-27(30(36)34-26-14-12-21(31)16-32-26)28(29-23(33-18)9-6-10-24(29)35)19-11-13-25(37-2)20(15-19)17-38-22-7-4-3-5-8-22/h3-5,7-8,11-16,28,33H,6,9-10,17H2,1-2H3,(H,32,34,36). The van der Waals surface area contributed by atoms with Gasteiger partial charge < -0.3 is 20.1 Å². The van der Waals surface area contributed by atoms with E-state index in [0.29, 0.717) is 29.1 Å². The third-order valence-electron chi connectivity index (χ3n) is 6.76. The number of pyridine rings is 1. The Morgan fingerprint density at radius 2 is 1.95 bits per heavy atom. The van der Waals surface area contributed by atoms with Gasteiger partial charge in [0.15, 0.2) is 5.78 Å². The molecule has 194 valence electrons. The van der Waals surface area contributed by atoms with E-state index in [4.69, 9.17) is 9.47 Å². The molecule has 0 fully saturated rings. The van der Waals surface area contributed by atoms with Crippen molar-refractivity contribution in [1.82, 2.24) is 10.3 Å². The number of benzene rings is 2. The first-order chi connectivity index (χ1) is 18.4. The first-order valence-electron chi connectivity index (χ1n) is 12.5. The van der Waals surface area contributed by atoms with Gasteiger partial charge in [0, 0.05) is 51.1 Å². The number of ether oxygens (including phenoxy) is 2. The van der Waals surface area contributed by atoms with Gasteiger partial charge in [-0.05, 0) is 77.7 Å². The fourth-order valence-electron chi connectivity index (χ4n) is 5.02. The van der Waals surface area contributed by atoms with Crippen molar-refractivity contribution in [3.05, 3.63) is 105 Å². The predicted molar refractivity (Wildman–Crippen MR) is 149 cm³/mol. The molecular formula is C30H28BrN3O4. The zero-order chi connectivity index (χ0) is 26.6. The number of halogens is 1. The van der Waals surface area contributed by atoms with Crippen LogP contribution >= 0.6 is 15.9 Å². The molecule has 0 saturated carbocycles. The highest BCUT2D eigenvalue weighted by molar-refractivity contribution is 9.10. The second-order valence-electron chi connectivity index (χ2n) is 9.25.